The molecule has 0 aliphatic rings. The minimum Gasteiger partial charge on any atom is -0.335 e. The van der Waals surface area contributed by atoms with Crippen LogP contribution in [0.3, 0.4) is 0 Å². The molecule has 0 bridgehead atoms. The fourth-order valence-corrected chi connectivity index (χ4v) is 2.23. The number of nitrogens with zero attached hydrogens (tertiary/aromatic N) is 2. The number of carbonyl (C=O) groups excluding carboxylic acids is 1. The van der Waals surface area contributed by atoms with Crippen molar-refractivity contribution in [1.29, 1.82) is 0 Å². The molecule has 5 nitrogen and oxygen atoms in total. The summed E-state index contributed by atoms with van der Waals surface area (Å²) in [5, 5.41) is 9.69. The Labute approximate surface area is 104 Å². The number of carbonyl (C=O) groups is 1. The Morgan fingerprint density at radius 1 is 1.62 bits per heavy atom. The van der Waals surface area contributed by atoms with Gasteiger partial charge in [-0.1, -0.05) is 25.2 Å². The largest absolute Gasteiger partial charge is 0.335 e. The molecule has 1 aromatic rings. The van der Waals surface area contributed by atoms with Crippen LogP contribution in [0.4, 0.5) is 0 Å². The number of hydrogen-bond acceptors (Lipinski definition) is 5. The van der Waals surface area contributed by atoms with Crippen molar-refractivity contribution < 1.29 is 4.79 Å². The molecule has 0 saturated carbocycles. The first-order valence-electron chi connectivity index (χ1n) is 5.18. The molecule has 0 aliphatic heterocycles. The van der Waals surface area contributed by atoms with Gasteiger partial charge < -0.3 is 5.32 Å². The molecule has 1 amide bonds. The summed E-state index contributed by atoms with van der Waals surface area (Å²) in [5.41, 5.74) is 0. The van der Waals surface area contributed by atoms with Crippen molar-refractivity contribution in [2.75, 3.05) is 13.1 Å². The van der Waals surface area contributed by atoms with Gasteiger partial charge >= 0.3 is 0 Å². The highest BCUT2D eigenvalue weighted by molar-refractivity contribution is 7.73. The van der Waals surface area contributed by atoms with Crippen LogP contribution in [-0.2, 0) is 0 Å². The lowest BCUT2D eigenvalue weighted by atomic mass is 10.4. The fourth-order valence-electron chi connectivity index (χ4n) is 1.44. The van der Waals surface area contributed by atoms with Crippen LogP contribution < -0.4 is 5.32 Å². The van der Waals surface area contributed by atoms with E-state index in [0.717, 1.165) is 13.1 Å². The maximum absolute atomic E-state index is 11.7. The lowest BCUT2D eigenvalue weighted by Crippen LogP contribution is -2.46. The molecule has 0 saturated heterocycles. The zero-order valence-corrected chi connectivity index (χ0v) is 11.2. The molecule has 1 heterocycles. The van der Waals surface area contributed by atoms with Crippen LogP contribution in [0.15, 0.2) is 0 Å². The molecule has 90 valence electrons. The normalized spacial score (nSPS) is 12.8. The first kappa shape index (κ1) is 13.3. The standard InChI is InChI=1S/C9H16N4OS2/c1-4-13(5-2)6(3)10-7(14)8-11-12-9(15)16-8/h6H,4-5H2,1-3H3,(H,10,14)(H,12,15). The topological polar surface area (TPSA) is 61.0 Å². The molecular formula is C9H16N4OS2. The van der Waals surface area contributed by atoms with E-state index in [-0.39, 0.29) is 12.1 Å². The van der Waals surface area contributed by atoms with Crippen molar-refractivity contribution in [2.24, 2.45) is 0 Å². The predicted molar refractivity (Wildman–Crippen MR) is 67.1 cm³/mol. The van der Waals surface area contributed by atoms with Gasteiger partial charge in [0.05, 0.1) is 6.17 Å². The van der Waals surface area contributed by atoms with Crippen molar-refractivity contribution in [1.82, 2.24) is 20.4 Å². The van der Waals surface area contributed by atoms with Gasteiger partial charge in [-0.2, -0.15) is 5.10 Å². The van der Waals surface area contributed by atoms with E-state index in [1.807, 2.05) is 6.92 Å². The summed E-state index contributed by atoms with van der Waals surface area (Å²) in [7, 11) is 0. The van der Waals surface area contributed by atoms with E-state index in [9.17, 15) is 4.79 Å². The van der Waals surface area contributed by atoms with E-state index >= 15 is 0 Å². The zero-order chi connectivity index (χ0) is 12.1. The predicted octanol–water partition coefficient (Wildman–Crippen LogP) is 1.62. The van der Waals surface area contributed by atoms with E-state index in [0.29, 0.717) is 8.96 Å². The minimum absolute atomic E-state index is 0.0000265. The summed E-state index contributed by atoms with van der Waals surface area (Å²) in [4.78, 5) is 13.9. The molecule has 1 rings (SSSR count). The average molecular weight is 260 g/mol. The average Bonchev–Trinajstić information content (AvgIpc) is 2.66. The van der Waals surface area contributed by atoms with Gasteiger partial charge in [-0.3, -0.25) is 14.8 Å². The molecule has 1 unspecified atom stereocenters. The maximum atomic E-state index is 11.7. The molecule has 1 atom stereocenters. The maximum Gasteiger partial charge on any atom is 0.283 e. The van der Waals surface area contributed by atoms with Gasteiger partial charge in [-0.05, 0) is 32.2 Å². The second-order valence-electron chi connectivity index (χ2n) is 3.29. The number of rotatable bonds is 5. The number of H-pyrrole nitrogens is 1. The van der Waals surface area contributed by atoms with Crippen LogP contribution in [0.5, 0.6) is 0 Å². The molecule has 0 spiro atoms. The zero-order valence-electron chi connectivity index (χ0n) is 9.61. The summed E-state index contributed by atoms with van der Waals surface area (Å²) in [5.74, 6) is -0.184. The summed E-state index contributed by atoms with van der Waals surface area (Å²) in [6, 6.07) is 0. The Morgan fingerprint density at radius 2 is 2.25 bits per heavy atom. The van der Waals surface area contributed by atoms with Crippen molar-refractivity contribution in [3.8, 4) is 0 Å². The van der Waals surface area contributed by atoms with E-state index in [2.05, 4.69) is 34.3 Å². The van der Waals surface area contributed by atoms with E-state index in [4.69, 9.17) is 12.2 Å². The lowest BCUT2D eigenvalue weighted by molar-refractivity contribution is 0.0874. The minimum atomic E-state index is -0.184. The molecule has 0 aromatic carbocycles. The summed E-state index contributed by atoms with van der Waals surface area (Å²) in [6.07, 6.45) is -0.0000265. The number of aromatic amines is 1. The Hall–Kier alpha value is -0.790. The Morgan fingerprint density at radius 3 is 2.69 bits per heavy atom. The van der Waals surface area contributed by atoms with Gasteiger partial charge in [0.25, 0.3) is 5.91 Å². The quantitative estimate of drug-likeness (QED) is 0.624. The van der Waals surface area contributed by atoms with Crippen molar-refractivity contribution >= 4 is 29.5 Å². The first-order chi connectivity index (χ1) is 7.58. The molecule has 0 fully saturated rings. The summed E-state index contributed by atoms with van der Waals surface area (Å²) >= 11 is 6.06. The molecular weight excluding hydrogens is 244 g/mol. The van der Waals surface area contributed by atoms with Crippen LogP contribution in [0.1, 0.15) is 30.6 Å². The van der Waals surface area contributed by atoms with Gasteiger partial charge in [-0.25, -0.2) is 0 Å². The van der Waals surface area contributed by atoms with Crippen LogP contribution in [0, 0.1) is 3.95 Å². The van der Waals surface area contributed by atoms with Gasteiger partial charge in [0.2, 0.25) is 5.01 Å². The van der Waals surface area contributed by atoms with Gasteiger partial charge in [0.1, 0.15) is 0 Å². The van der Waals surface area contributed by atoms with Crippen molar-refractivity contribution in [2.45, 2.75) is 26.9 Å². The number of hydrogen-bond donors (Lipinski definition) is 2. The van der Waals surface area contributed by atoms with Gasteiger partial charge in [-0.15, -0.1) is 0 Å². The highest BCUT2D eigenvalue weighted by atomic mass is 32.1. The van der Waals surface area contributed by atoms with Crippen LogP contribution >= 0.6 is 23.6 Å². The first-order valence-corrected chi connectivity index (χ1v) is 6.41. The number of nitrogens with one attached hydrogen (secondary N) is 2. The monoisotopic (exact) mass is 260 g/mol. The van der Waals surface area contributed by atoms with Crippen LogP contribution in [0.2, 0.25) is 0 Å². The summed E-state index contributed by atoms with van der Waals surface area (Å²) in [6.45, 7) is 7.87. The molecule has 2 N–H and O–H groups in total. The smallest absolute Gasteiger partial charge is 0.283 e. The summed E-state index contributed by atoms with van der Waals surface area (Å²) < 4.78 is 0.514. The van der Waals surface area contributed by atoms with Crippen molar-refractivity contribution in [3.05, 3.63) is 8.96 Å². The van der Waals surface area contributed by atoms with Gasteiger partial charge in [0.15, 0.2) is 3.95 Å². The fraction of sp³-hybridized carbons (Fsp3) is 0.667. The number of amides is 1. The SMILES string of the molecule is CCN(CC)C(C)NC(=O)c1n[nH]c(=S)s1. The Balaban J connectivity index is 2.60. The van der Waals surface area contributed by atoms with E-state index in [1.54, 1.807) is 0 Å². The second kappa shape index (κ2) is 6.07. The number of aromatic nitrogens is 2. The highest BCUT2D eigenvalue weighted by Gasteiger charge is 2.16. The molecule has 7 heteroatoms. The molecule has 1 aromatic heterocycles. The molecule has 0 aliphatic carbocycles. The third kappa shape index (κ3) is 3.36. The third-order valence-electron chi connectivity index (χ3n) is 2.33. The third-order valence-corrected chi connectivity index (χ3v) is 3.42. The van der Waals surface area contributed by atoms with Crippen molar-refractivity contribution in [3.63, 3.8) is 0 Å². The van der Waals surface area contributed by atoms with Crippen LogP contribution in [-0.4, -0.2) is 40.3 Å². The Kier molecular flexibility index (Phi) is 5.04. The van der Waals surface area contributed by atoms with E-state index < -0.39 is 0 Å². The highest BCUT2D eigenvalue weighted by Crippen LogP contribution is 2.05. The van der Waals surface area contributed by atoms with Gasteiger partial charge in [0, 0.05) is 0 Å². The molecule has 16 heavy (non-hydrogen) atoms. The van der Waals surface area contributed by atoms with E-state index in [1.165, 1.54) is 11.3 Å². The van der Waals surface area contributed by atoms with Crippen LogP contribution in [0.25, 0.3) is 0 Å². The Bertz CT molecular complexity index is 396. The molecule has 0 radical (unpaired) electrons. The second-order valence-corrected chi connectivity index (χ2v) is 4.95. The lowest BCUT2D eigenvalue weighted by Gasteiger charge is -2.26.